The molecule has 3 aromatic rings. The maximum Gasteiger partial charge on any atom is 0.233 e. The standard InChI is InChI=1S/C21H22FN3O2S/c1-14(2)13-25(19(26)11-15-6-4-9-18(10-15)27-3)21-24-23-20(28-21)16-7-5-8-17(22)12-16/h4-10,12,14H,11,13H2,1-3H3. The largest absolute Gasteiger partial charge is 0.497 e. The van der Waals surface area contributed by atoms with Crippen molar-refractivity contribution in [2.45, 2.75) is 20.3 Å². The molecule has 1 amide bonds. The van der Waals surface area contributed by atoms with Crippen molar-refractivity contribution < 1.29 is 13.9 Å². The van der Waals surface area contributed by atoms with Gasteiger partial charge in [0.2, 0.25) is 11.0 Å². The molecular formula is C21H22FN3O2S. The van der Waals surface area contributed by atoms with Crippen LogP contribution in [0.3, 0.4) is 0 Å². The van der Waals surface area contributed by atoms with E-state index in [9.17, 15) is 9.18 Å². The van der Waals surface area contributed by atoms with Crippen LogP contribution in [0.15, 0.2) is 48.5 Å². The maximum atomic E-state index is 13.5. The van der Waals surface area contributed by atoms with Gasteiger partial charge in [0.05, 0.1) is 13.5 Å². The summed E-state index contributed by atoms with van der Waals surface area (Å²) < 4.78 is 18.7. The molecule has 0 aliphatic heterocycles. The van der Waals surface area contributed by atoms with Crippen LogP contribution >= 0.6 is 11.3 Å². The van der Waals surface area contributed by atoms with Crippen LogP contribution in [0.2, 0.25) is 0 Å². The topological polar surface area (TPSA) is 55.3 Å². The Bertz CT molecular complexity index is 958. The SMILES string of the molecule is COc1cccc(CC(=O)N(CC(C)C)c2nnc(-c3cccc(F)c3)s2)c1. The van der Waals surface area contributed by atoms with E-state index in [-0.39, 0.29) is 24.1 Å². The molecule has 5 nitrogen and oxygen atoms in total. The highest BCUT2D eigenvalue weighted by Crippen LogP contribution is 2.30. The molecule has 0 radical (unpaired) electrons. The minimum Gasteiger partial charge on any atom is -0.497 e. The van der Waals surface area contributed by atoms with E-state index in [1.54, 1.807) is 24.1 Å². The summed E-state index contributed by atoms with van der Waals surface area (Å²) in [7, 11) is 1.60. The van der Waals surface area contributed by atoms with Crippen molar-refractivity contribution in [3.05, 3.63) is 59.9 Å². The van der Waals surface area contributed by atoms with Gasteiger partial charge in [-0.3, -0.25) is 9.69 Å². The lowest BCUT2D eigenvalue weighted by Crippen LogP contribution is -2.35. The van der Waals surface area contributed by atoms with E-state index >= 15 is 0 Å². The van der Waals surface area contributed by atoms with Gasteiger partial charge in [-0.05, 0) is 35.7 Å². The van der Waals surface area contributed by atoms with E-state index in [1.165, 1.54) is 23.5 Å². The number of aromatic nitrogens is 2. The zero-order valence-electron chi connectivity index (χ0n) is 16.1. The van der Waals surface area contributed by atoms with Crippen molar-refractivity contribution in [3.8, 4) is 16.3 Å². The predicted octanol–water partition coefficient (Wildman–Crippen LogP) is 4.58. The Kier molecular flexibility index (Phi) is 6.36. The van der Waals surface area contributed by atoms with Crippen LogP contribution in [0.1, 0.15) is 19.4 Å². The van der Waals surface area contributed by atoms with Gasteiger partial charge in [0, 0.05) is 12.1 Å². The first kappa shape index (κ1) is 19.9. The van der Waals surface area contributed by atoms with E-state index in [4.69, 9.17) is 4.74 Å². The molecule has 0 aliphatic carbocycles. The molecule has 0 atom stereocenters. The summed E-state index contributed by atoms with van der Waals surface area (Å²) in [5.74, 6) is 0.576. The van der Waals surface area contributed by atoms with E-state index in [1.807, 2.05) is 38.1 Å². The number of amides is 1. The summed E-state index contributed by atoms with van der Waals surface area (Å²) >= 11 is 1.28. The Morgan fingerprint density at radius 1 is 1.18 bits per heavy atom. The van der Waals surface area contributed by atoms with E-state index in [2.05, 4.69) is 10.2 Å². The summed E-state index contributed by atoms with van der Waals surface area (Å²) in [6.45, 7) is 4.61. The van der Waals surface area contributed by atoms with E-state index < -0.39 is 0 Å². The molecule has 0 unspecified atom stereocenters. The van der Waals surface area contributed by atoms with Crippen LogP contribution < -0.4 is 9.64 Å². The third-order valence-corrected chi connectivity index (χ3v) is 5.05. The van der Waals surface area contributed by atoms with Crippen molar-refractivity contribution in [2.75, 3.05) is 18.6 Å². The zero-order valence-corrected chi connectivity index (χ0v) is 16.9. The molecule has 0 fully saturated rings. The fraction of sp³-hybridized carbons (Fsp3) is 0.286. The molecule has 0 bridgehead atoms. The number of ether oxygens (including phenoxy) is 1. The van der Waals surface area contributed by atoms with Crippen molar-refractivity contribution in [1.82, 2.24) is 10.2 Å². The highest BCUT2D eigenvalue weighted by atomic mass is 32.1. The average molecular weight is 399 g/mol. The van der Waals surface area contributed by atoms with Gasteiger partial charge < -0.3 is 4.74 Å². The molecule has 146 valence electrons. The van der Waals surface area contributed by atoms with Crippen LogP contribution in [-0.4, -0.2) is 29.8 Å². The summed E-state index contributed by atoms with van der Waals surface area (Å²) in [5.41, 5.74) is 1.52. The molecule has 2 aromatic carbocycles. The van der Waals surface area contributed by atoms with Crippen LogP contribution in [0, 0.1) is 11.7 Å². The molecular weight excluding hydrogens is 377 g/mol. The van der Waals surface area contributed by atoms with Gasteiger partial charge in [-0.25, -0.2) is 4.39 Å². The van der Waals surface area contributed by atoms with Gasteiger partial charge in [-0.2, -0.15) is 0 Å². The molecule has 0 spiro atoms. The summed E-state index contributed by atoms with van der Waals surface area (Å²) in [6, 6.07) is 13.7. The second-order valence-corrected chi connectivity index (χ2v) is 7.78. The predicted molar refractivity (Wildman–Crippen MR) is 109 cm³/mol. The van der Waals surface area contributed by atoms with Crippen molar-refractivity contribution in [3.63, 3.8) is 0 Å². The fourth-order valence-electron chi connectivity index (χ4n) is 2.77. The van der Waals surface area contributed by atoms with E-state index in [0.717, 1.165) is 5.56 Å². The van der Waals surface area contributed by atoms with Crippen molar-refractivity contribution >= 4 is 22.4 Å². The second-order valence-electron chi connectivity index (χ2n) is 6.83. The molecule has 0 saturated carbocycles. The molecule has 0 aliphatic rings. The number of nitrogens with zero attached hydrogens (tertiary/aromatic N) is 3. The van der Waals surface area contributed by atoms with Gasteiger partial charge >= 0.3 is 0 Å². The number of halogens is 1. The normalized spacial score (nSPS) is 10.9. The van der Waals surface area contributed by atoms with Gasteiger partial charge in [0.25, 0.3) is 0 Å². The molecule has 0 N–H and O–H groups in total. The summed E-state index contributed by atoms with van der Waals surface area (Å²) in [4.78, 5) is 14.7. The Morgan fingerprint density at radius 3 is 2.68 bits per heavy atom. The number of benzene rings is 2. The molecule has 1 heterocycles. The summed E-state index contributed by atoms with van der Waals surface area (Å²) in [6.07, 6.45) is 0.235. The highest BCUT2D eigenvalue weighted by Gasteiger charge is 2.22. The van der Waals surface area contributed by atoms with E-state index in [0.29, 0.717) is 28.0 Å². The number of rotatable bonds is 7. The maximum absolute atomic E-state index is 13.5. The first-order valence-electron chi connectivity index (χ1n) is 8.99. The minimum absolute atomic E-state index is 0.0658. The Hall–Kier alpha value is -2.80. The number of anilines is 1. The first-order valence-corrected chi connectivity index (χ1v) is 9.80. The minimum atomic E-state index is -0.331. The molecule has 28 heavy (non-hydrogen) atoms. The number of carbonyl (C=O) groups excluding carboxylic acids is 1. The van der Waals surface area contributed by atoms with Gasteiger partial charge in [-0.15, -0.1) is 10.2 Å². The van der Waals surface area contributed by atoms with Crippen LogP contribution in [0.5, 0.6) is 5.75 Å². The Balaban J connectivity index is 1.84. The number of hydrogen-bond acceptors (Lipinski definition) is 5. The Morgan fingerprint density at radius 2 is 1.96 bits per heavy atom. The lowest BCUT2D eigenvalue weighted by atomic mass is 10.1. The van der Waals surface area contributed by atoms with Crippen LogP contribution in [0.25, 0.3) is 10.6 Å². The molecule has 7 heteroatoms. The second kappa shape index (κ2) is 8.93. The van der Waals surface area contributed by atoms with Crippen LogP contribution in [0.4, 0.5) is 9.52 Å². The zero-order chi connectivity index (χ0) is 20.1. The van der Waals surface area contributed by atoms with Gasteiger partial charge in [-0.1, -0.05) is 49.4 Å². The first-order chi connectivity index (χ1) is 13.5. The number of hydrogen-bond donors (Lipinski definition) is 0. The number of methoxy groups -OCH3 is 1. The molecule has 1 aromatic heterocycles. The smallest absolute Gasteiger partial charge is 0.233 e. The van der Waals surface area contributed by atoms with Crippen molar-refractivity contribution in [2.24, 2.45) is 5.92 Å². The summed E-state index contributed by atoms with van der Waals surface area (Å²) in [5, 5.41) is 9.45. The van der Waals surface area contributed by atoms with Gasteiger partial charge in [0.15, 0.2) is 0 Å². The average Bonchev–Trinajstić information content (AvgIpc) is 3.16. The monoisotopic (exact) mass is 399 g/mol. The lowest BCUT2D eigenvalue weighted by molar-refractivity contribution is -0.118. The molecule has 0 saturated heterocycles. The van der Waals surface area contributed by atoms with Crippen molar-refractivity contribution in [1.29, 1.82) is 0 Å². The van der Waals surface area contributed by atoms with Crippen LogP contribution in [-0.2, 0) is 11.2 Å². The van der Waals surface area contributed by atoms with Gasteiger partial charge in [0.1, 0.15) is 16.6 Å². The number of carbonyl (C=O) groups is 1. The third-order valence-electron chi connectivity index (χ3n) is 4.06. The fourth-order valence-corrected chi connectivity index (χ4v) is 3.63. The highest BCUT2D eigenvalue weighted by molar-refractivity contribution is 7.18. The quantitative estimate of drug-likeness (QED) is 0.583. The Labute approximate surface area is 167 Å². The lowest BCUT2D eigenvalue weighted by Gasteiger charge is -2.21. The molecule has 3 rings (SSSR count). The third kappa shape index (κ3) is 4.92.